The van der Waals surface area contributed by atoms with Gasteiger partial charge in [-0.2, -0.15) is 0 Å². The number of nitrogens with one attached hydrogen (secondary N) is 1. The Kier molecular flexibility index (Phi) is 4.84. The second kappa shape index (κ2) is 6.39. The van der Waals surface area contributed by atoms with Crippen molar-refractivity contribution in [3.05, 3.63) is 24.2 Å². The number of furan rings is 1. The summed E-state index contributed by atoms with van der Waals surface area (Å²) >= 11 is 0. The Hall–Kier alpha value is -0.800. The van der Waals surface area contributed by atoms with E-state index in [2.05, 4.69) is 31.0 Å². The van der Waals surface area contributed by atoms with Gasteiger partial charge in [-0.3, -0.25) is 0 Å². The van der Waals surface area contributed by atoms with Crippen LogP contribution in [0, 0.1) is 5.92 Å². The van der Waals surface area contributed by atoms with Crippen LogP contribution in [-0.2, 0) is 6.42 Å². The third-order valence-electron chi connectivity index (χ3n) is 3.89. The van der Waals surface area contributed by atoms with Gasteiger partial charge in [0.25, 0.3) is 0 Å². The van der Waals surface area contributed by atoms with Crippen molar-refractivity contribution in [2.24, 2.45) is 5.92 Å². The van der Waals surface area contributed by atoms with Gasteiger partial charge in [-0.05, 0) is 58.3 Å². The molecule has 2 unspecified atom stereocenters. The lowest BCUT2D eigenvalue weighted by Gasteiger charge is -2.21. The van der Waals surface area contributed by atoms with E-state index < -0.39 is 0 Å². The highest BCUT2D eigenvalue weighted by atomic mass is 16.3. The number of hydrogen-bond acceptors (Lipinski definition) is 3. The maximum atomic E-state index is 5.38. The van der Waals surface area contributed by atoms with Crippen LogP contribution < -0.4 is 5.32 Å². The molecule has 0 aliphatic carbocycles. The predicted octanol–water partition coefficient (Wildman–Crippen LogP) is 2.53. The van der Waals surface area contributed by atoms with Crippen LogP contribution in [0.1, 0.15) is 33.0 Å². The molecule has 3 heteroatoms. The van der Waals surface area contributed by atoms with Gasteiger partial charge < -0.3 is 14.6 Å². The lowest BCUT2D eigenvalue weighted by molar-refractivity contribution is 0.262. The summed E-state index contributed by atoms with van der Waals surface area (Å²) in [7, 11) is 0. The number of rotatable bonds is 6. The van der Waals surface area contributed by atoms with Gasteiger partial charge in [0.15, 0.2) is 0 Å². The molecule has 0 radical (unpaired) electrons. The molecular formula is C15H26N2O. The lowest BCUT2D eigenvalue weighted by atomic mass is 10.1. The largest absolute Gasteiger partial charge is 0.469 e. The van der Waals surface area contributed by atoms with Gasteiger partial charge in [0, 0.05) is 25.0 Å². The van der Waals surface area contributed by atoms with Gasteiger partial charge in [-0.15, -0.1) is 0 Å². The Balaban J connectivity index is 1.66. The highest BCUT2D eigenvalue weighted by Crippen LogP contribution is 2.17. The molecule has 18 heavy (non-hydrogen) atoms. The van der Waals surface area contributed by atoms with Crippen molar-refractivity contribution in [1.29, 1.82) is 0 Å². The normalized spacial score (nSPS) is 22.8. The van der Waals surface area contributed by atoms with Gasteiger partial charge in [0.2, 0.25) is 0 Å². The standard InChI is InChI=1S/C15H26N2O/c1-12(2)17-7-6-14(11-17)10-16-13(3)9-15-5-4-8-18-15/h4-5,8,12-14,16H,6-7,9-11H2,1-3H3. The molecule has 3 nitrogen and oxygen atoms in total. The van der Waals surface area contributed by atoms with Crippen molar-refractivity contribution >= 4 is 0 Å². The first kappa shape index (κ1) is 13.6. The third kappa shape index (κ3) is 3.85. The predicted molar refractivity (Wildman–Crippen MR) is 74.7 cm³/mol. The van der Waals surface area contributed by atoms with Gasteiger partial charge in [-0.1, -0.05) is 0 Å². The van der Waals surface area contributed by atoms with Crippen molar-refractivity contribution in [1.82, 2.24) is 10.2 Å². The molecule has 0 amide bonds. The summed E-state index contributed by atoms with van der Waals surface area (Å²) in [6, 6.07) is 5.19. The minimum absolute atomic E-state index is 0.490. The first-order valence-corrected chi connectivity index (χ1v) is 7.15. The molecular weight excluding hydrogens is 224 g/mol. The zero-order valence-electron chi connectivity index (χ0n) is 11.9. The van der Waals surface area contributed by atoms with E-state index >= 15 is 0 Å². The van der Waals surface area contributed by atoms with Crippen molar-refractivity contribution in [3.63, 3.8) is 0 Å². The molecule has 0 saturated carbocycles. The highest BCUT2D eigenvalue weighted by molar-refractivity contribution is 5.00. The Morgan fingerprint density at radius 2 is 2.28 bits per heavy atom. The molecule has 102 valence electrons. The van der Waals surface area contributed by atoms with E-state index in [1.165, 1.54) is 19.5 Å². The van der Waals surface area contributed by atoms with Crippen LogP contribution in [0.5, 0.6) is 0 Å². The number of likely N-dealkylation sites (tertiary alicyclic amines) is 1. The van der Waals surface area contributed by atoms with E-state index in [1.807, 2.05) is 12.1 Å². The van der Waals surface area contributed by atoms with Gasteiger partial charge in [0.1, 0.15) is 5.76 Å². The van der Waals surface area contributed by atoms with Crippen molar-refractivity contribution in [2.45, 2.75) is 45.7 Å². The molecule has 2 rings (SSSR count). The SMILES string of the molecule is CC(Cc1ccco1)NCC1CCN(C(C)C)C1. The molecule has 1 aliphatic rings. The molecule has 1 N–H and O–H groups in total. The number of hydrogen-bond donors (Lipinski definition) is 1. The Labute approximate surface area is 111 Å². The Morgan fingerprint density at radius 1 is 1.44 bits per heavy atom. The monoisotopic (exact) mass is 250 g/mol. The summed E-state index contributed by atoms with van der Waals surface area (Å²) in [6.07, 6.45) is 4.06. The first-order chi connectivity index (χ1) is 8.65. The van der Waals surface area contributed by atoms with E-state index in [1.54, 1.807) is 6.26 Å². The van der Waals surface area contributed by atoms with Gasteiger partial charge >= 0.3 is 0 Å². The maximum absolute atomic E-state index is 5.38. The molecule has 1 aromatic heterocycles. The third-order valence-corrected chi connectivity index (χ3v) is 3.89. The highest BCUT2D eigenvalue weighted by Gasteiger charge is 2.24. The quantitative estimate of drug-likeness (QED) is 0.841. The Bertz CT molecular complexity index is 334. The zero-order valence-corrected chi connectivity index (χ0v) is 11.9. The molecule has 1 aromatic rings. The molecule has 1 fully saturated rings. The molecule has 1 saturated heterocycles. The van der Waals surface area contributed by atoms with E-state index in [-0.39, 0.29) is 0 Å². The summed E-state index contributed by atoms with van der Waals surface area (Å²) in [6.45, 7) is 10.4. The average molecular weight is 250 g/mol. The fraction of sp³-hybridized carbons (Fsp3) is 0.733. The Morgan fingerprint density at radius 3 is 2.89 bits per heavy atom. The lowest BCUT2D eigenvalue weighted by Crippen LogP contribution is -2.34. The van der Waals surface area contributed by atoms with Gasteiger partial charge in [-0.25, -0.2) is 0 Å². The summed E-state index contributed by atoms with van der Waals surface area (Å²) in [5.74, 6) is 1.89. The van der Waals surface area contributed by atoms with Gasteiger partial charge in [0.05, 0.1) is 6.26 Å². The second-order valence-corrected chi connectivity index (χ2v) is 5.84. The maximum Gasteiger partial charge on any atom is 0.105 e. The second-order valence-electron chi connectivity index (χ2n) is 5.84. The molecule has 0 aromatic carbocycles. The van der Waals surface area contributed by atoms with E-state index in [4.69, 9.17) is 4.42 Å². The van der Waals surface area contributed by atoms with Crippen LogP contribution in [0.2, 0.25) is 0 Å². The van der Waals surface area contributed by atoms with E-state index in [9.17, 15) is 0 Å². The molecule has 1 aliphatic heterocycles. The molecule has 2 atom stereocenters. The van der Waals surface area contributed by atoms with Crippen molar-refractivity contribution in [3.8, 4) is 0 Å². The van der Waals surface area contributed by atoms with Crippen molar-refractivity contribution in [2.75, 3.05) is 19.6 Å². The van der Waals surface area contributed by atoms with Crippen LogP contribution >= 0.6 is 0 Å². The van der Waals surface area contributed by atoms with Crippen LogP contribution in [-0.4, -0.2) is 36.6 Å². The minimum atomic E-state index is 0.490. The fourth-order valence-corrected chi connectivity index (χ4v) is 2.67. The smallest absolute Gasteiger partial charge is 0.105 e. The van der Waals surface area contributed by atoms with E-state index in [0.717, 1.165) is 24.6 Å². The van der Waals surface area contributed by atoms with E-state index in [0.29, 0.717) is 12.1 Å². The first-order valence-electron chi connectivity index (χ1n) is 7.15. The van der Waals surface area contributed by atoms with Crippen LogP contribution in [0.3, 0.4) is 0 Å². The summed E-state index contributed by atoms with van der Waals surface area (Å²) in [4.78, 5) is 2.57. The molecule has 0 bridgehead atoms. The summed E-state index contributed by atoms with van der Waals surface area (Å²) in [5, 5.41) is 3.64. The van der Waals surface area contributed by atoms with Crippen LogP contribution in [0.15, 0.2) is 22.8 Å². The minimum Gasteiger partial charge on any atom is -0.469 e. The average Bonchev–Trinajstić information content (AvgIpc) is 2.96. The van der Waals surface area contributed by atoms with Crippen LogP contribution in [0.4, 0.5) is 0 Å². The molecule has 2 heterocycles. The van der Waals surface area contributed by atoms with Crippen molar-refractivity contribution < 1.29 is 4.42 Å². The molecule has 0 spiro atoms. The number of nitrogens with zero attached hydrogens (tertiary/aromatic N) is 1. The topological polar surface area (TPSA) is 28.4 Å². The van der Waals surface area contributed by atoms with Crippen LogP contribution in [0.25, 0.3) is 0 Å². The zero-order chi connectivity index (χ0) is 13.0. The summed E-state index contributed by atoms with van der Waals surface area (Å²) in [5.41, 5.74) is 0. The summed E-state index contributed by atoms with van der Waals surface area (Å²) < 4.78 is 5.38. The fourth-order valence-electron chi connectivity index (χ4n) is 2.67.